The minimum atomic E-state index is -1.20. The number of imidazole rings is 1. The SMILES string of the molecule is COC[C@@H]1CCCN1C(=O)C(c1ccccc1)n1cnc(NC(=O)[C@@H](COCc2ccccc2)NC(=O)C(C)(C)N)c1. The first kappa shape index (κ1) is 30.9. The number of nitrogens with one attached hydrogen (secondary N) is 2. The minimum Gasteiger partial charge on any atom is -0.383 e. The summed E-state index contributed by atoms with van der Waals surface area (Å²) in [5.41, 5.74) is 6.49. The van der Waals surface area contributed by atoms with Crippen molar-refractivity contribution in [2.75, 3.05) is 32.2 Å². The molecular formula is C31H40N6O5. The van der Waals surface area contributed by atoms with Crippen LogP contribution in [0.15, 0.2) is 73.2 Å². The van der Waals surface area contributed by atoms with Gasteiger partial charge in [0, 0.05) is 19.9 Å². The number of hydrogen-bond acceptors (Lipinski definition) is 7. The number of aromatic nitrogens is 2. The van der Waals surface area contributed by atoms with E-state index in [2.05, 4.69) is 15.6 Å². The average molecular weight is 577 g/mol. The number of carbonyl (C=O) groups is 3. The van der Waals surface area contributed by atoms with Gasteiger partial charge in [-0.15, -0.1) is 0 Å². The van der Waals surface area contributed by atoms with Crippen LogP contribution in [0.3, 0.4) is 0 Å². The quantitative estimate of drug-likeness (QED) is 0.284. The van der Waals surface area contributed by atoms with Crippen LogP contribution in [0, 0.1) is 0 Å². The van der Waals surface area contributed by atoms with Gasteiger partial charge in [-0.05, 0) is 37.8 Å². The van der Waals surface area contributed by atoms with Crippen molar-refractivity contribution in [3.8, 4) is 0 Å². The van der Waals surface area contributed by atoms with Gasteiger partial charge < -0.3 is 35.3 Å². The first-order chi connectivity index (χ1) is 20.2. The highest BCUT2D eigenvalue weighted by Gasteiger charge is 2.35. The Kier molecular flexibility index (Phi) is 10.5. The third kappa shape index (κ3) is 8.03. The van der Waals surface area contributed by atoms with E-state index in [0.29, 0.717) is 13.2 Å². The van der Waals surface area contributed by atoms with Crippen molar-refractivity contribution in [1.82, 2.24) is 19.8 Å². The van der Waals surface area contributed by atoms with Gasteiger partial charge in [-0.3, -0.25) is 14.4 Å². The van der Waals surface area contributed by atoms with E-state index in [1.165, 1.54) is 6.33 Å². The van der Waals surface area contributed by atoms with Crippen LogP contribution in [0.5, 0.6) is 0 Å². The lowest BCUT2D eigenvalue weighted by Gasteiger charge is -2.29. The second kappa shape index (κ2) is 14.2. The van der Waals surface area contributed by atoms with Crippen LogP contribution in [-0.2, 0) is 30.5 Å². The number of nitrogens with two attached hydrogens (primary N) is 1. The molecule has 1 unspecified atom stereocenters. The molecule has 1 aliphatic heterocycles. The number of hydrogen-bond donors (Lipinski definition) is 3. The number of anilines is 1. The van der Waals surface area contributed by atoms with Crippen LogP contribution in [0.1, 0.15) is 43.9 Å². The second-order valence-corrected chi connectivity index (χ2v) is 11.0. The summed E-state index contributed by atoms with van der Waals surface area (Å²) in [6, 6.07) is 17.3. The molecule has 11 nitrogen and oxygen atoms in total. The number of rotatable bonds is 13. The summed E-state index contributed by atoms with van der Waals surface area (Å²) >= 11 is 0. The van der Waals surface area contributed by atoms with Crippen molar-refractivity contribution in [1.29, 1.82) is 0 Å². The maximum atomic E-state index is 13.9. The van der Waals surface area contributed by atoms with Crippen molar-refractivity contribution in [3.05, 3.63) is 84.3 Å². The number of nitrogens with zero attached hydrogens (tertiary/aromatic N) is 3. The fourth-order valence-electron chi connectivity index (χ4n) is 4.88. The van der Waals surface area contributed by atoms with Crippen LogP contribution in [0.4, 0.5) is 5.82 Å². The van der Waals surface area contributed by atoms with Crippen molar-refractivity contribution < 1.29 is 23.9 Å². The molecule has 4 N–H and O–H groups in total. The van der Waals surface area contributed by atoms with E-state index in [0.717, 1.165) is 24.0 Å². The Balaban J connectivity index is 1.51. The number of benzene rings is 2. The smallest absolute Gasteiger partial charge is 0.250 e. The second-order valence-electron chi connectivity index (χ2n) is 11.0. The number of methoxy groups -OCH3 is 1. The summed E-state index contributed by atoms with van der Waals surface area (Å²) in [7, 11) is 1.64. The van der Waals surface area contributed by atoms with Gasteiger partial charge in [0.1, 0.15) is 12.1 Å². The molecule has 3 atom stereocenters. The molecule has 224 valence electrons. The normalized spacial score (nSPS) is 16.6. The largest absolute Gasteiger partial charge is 0.383 e. The van der Waals surface area contributed by atoms with Crippen LogP contribution < -0.4 is 16.4 Å². The summed E-state index contributed by atoms with van der Waals surface area (Å²) in [4.78, 5) is 46.1. The van der Waals surface area contributed by atoms with Crippen LogP contribution >= 0.6 is 0 Å². The lowest BCUT2D eigenvalue weighted by atomic mass is 10.0. The summed E-state index contributed by atoms with van der Waals surface area (Å²) in [6.45, 7) is 4.42. The molecule has 0 bridgehead atoms. The summed E-state index contributed by atoms with van der Waals surface area (Å²) in [6.07, 6.45) is 4.93. The van der Waals surface area contributed by atoms with Crippen LogP contribution in [0.25, 0.3) is 0 Å². The Morgan fingerprint density at radius 1 is 1.10 bits per heavy atom. The maximum absolute atomic E-state index is 13.9. The molecular weight excluding hydrogens is 536 g/mol. The minimum absolute atomic E-state index is 0.00320. The predicted molar refractivity (Wildman–Crippen MR) is 158 cm³/mol. The van der Waals surface area contributed by atoms with Gasteiger partial charge in [-0.1, -0.05) is 60.7 Å². The molecule has 1 saturated heterocycles. The zero-order valence-corrected chi connectivity index (χ0v) is 24.4. The molecule has 42 heavy (non-hydrogen) atoms. The zero-order valence-electron chi connectivity index (χ0n) is 24.4. The molecule has 1 aromatic heterocycles. The van der Waals surface area contributed by atoms with E-state index in [-0.39, 0.29) is 31.0 Å². The van der Waals surface area contributed by atoms with Crippen molar-refractivity contribution >= 4 is 23.5 Å². The van der Waals surface area contributed by atoms with E-state index in [9.17, 15) is 14.4 Å². The van der Waals surface area contributed by atoms with Gasteiger partial charge in [-0.2, -0.15) is 0 Å². The predicted octanol–water partition coefficient (Wildman–Crippen LogP) is 2.49. The van der Waals surface area contributed by atoms with E-state index in [1.807, 2.05) is 65.6 Å². The van der Waals surface area contributed by atoms with E-state index >= 15 is 0 Å². The lowest BCUT2D eigenvalue weighted by Crippen LogP contribution is -2.56. The summed E-state index contributed by atoms with van der Waals surface area (Å²) < 4.78 is 12.8. The van der Waals surface area contributed by atoms with Crippen molar-refractivity contribution in [3.63, 3.8) is 0 Å². The Morgan fingerprint density at radius 3 is 2.45 bits per heavy atom. The number of likely N-dealkylation sites (tertiary alicyclic amines) is 1. The average Bonchev–Trinajstić information content (AvgIpc) is 3.63. The third-order valence-corrected chi connectivity index (χ3v) is 7.12. The third-order valence-electron chi connectivity index (χ3n) is 7.12. The van der Waals surface area contributed by atoms with Crippen LogP contribution in [0.2, 0.25) is 0 Å². The molecule has 0 aliphatic carbocycles. The standard InChI is InChI=1S/C31H40N6O5/c1-31(2,32)30(40)34-25(20-42-18-22-11-6-4-7-12-22)28(38)35-26-17-36(21-33-26)27(23-13-8-5-9-14-23)29(39)37-16-10-15-24(37)19-41-3/h4-9,11-14,17,21,24-25,27H,10,15-16,18-20,32H2,1-3H3,(H,34,40)(H,35,38)/t24-,25+,27?/m0/s1. The number of carbonyl (C=O) groups excluding carboxylic acids is 3. The first-order valence-corrected chi connectivity index (χ1v) is 14.1. The topological polar surface area (TPSA) is 141 Å². The fraction of sp³-hybridized carbons (Fsp3) is 0.419. The molecule has 3 aromatic rings. The molecule has 2 heterocycles. The molecule has 1 fully saturated rings. The highest BCUT2D eigenvalue weighted by Crippen LogP contribution is 2.27. The molecule has 0 spiro atoms. The summed E-state index contributed by atoms with van der Waals surface area (Å²) in [5, 5.41) is 5.44. The van der Waals surface area contributed by atoms with E-state index < -0.39 is 29.4 Å². The Hall–Kier alpha value is -4.06. The van der Waals surface area contributed by atoms with Crippen molar-refractivity contribution in [2.24, 2.45) is 5.73 Å². The molecule has 4 rings (SSSR count). The monoisotopic (exact) mass is 576 g/mol. The zero-order chi connectivity index (χ0) is 30.1. The molecule has 1 aliphatic rings. The fourth-order valence-corrected chi connectivity index (χ4v) is 4.88. The lowest BCUT2D eigenvalue weighted by molar-refractivity contribution is -0.135. The Bertz CT molecular complexity index is 1320. The van der Waals surface area contributed by atoms with Gasteiger partial charge in [0.2, 0.25) is 5.91 Å². The van der Waals surface area contributed by atoms with Crippen molar-refractivity contribution in [2.45, 2.75) is 57.0 Å². The highest BCUT2D eigenvalue weighted by molar-refractivity contribution is 5.98. The van der Waals surface area contributed by atoms with Gasteiger partial charge >= 0.3 is 0 Å². The summed E-state index contributed by atoms with van der Waals surface area (Å²) in [5.74, 6) is -0.853. The Morgan fingerprint density at radius 2 is 1.79 bits per heavy atom. The van der Waals surface area contributed by atoms with E-state index in [1.54, 1.807) is 31.7 Å². The van der Waals surface area contributed by atoms with Gasteiger partial charge in [0.15, 0.2) is 5.82 Å². The highest BCUT2D eigenvalue weighted by atomic mass is 16.5. The van der Waals surface area contributed by atoms with E-state index in [4.69, 9.17) is 15.2 Å². The van der Waals surface area contributed by atoms with Gasteiger partial charge in [0.25, 0.3) is 11.8 Å². The molecule has 11 heteroatoms. The molecule has 0 saturated carbocycles. The molecule has 2 aromatic carbocycles. The van der Waals surface area contributed by atoms with Crippen LogP contribution in [-0.4, -0.2) is 76.7 Å². The first-order valence-electron chi connectivity index (χ1n) is 14.1. The number of amides is 3. The maximum Gasteiger partial charge on any atom is 0.250 e. The Labute approximate surface area is 246 Å². The molecule has 3 amide bonds. The number of ether oxygens (including phenoxy) is 2. The van der Waals surface area contributed by atoms with Gasteiger partial charge in [-0.25, -0.2) is 4.98 Å². The molecule has 0 radical (unpaired) electrons. The van der Waals surface area contributed by atoms with Gasteiger partial charge in [0.05, 0.1) is 37.7 Å².